The Balaban J connectivity index is 2.70. The smallest absolute Gasteiger partial charge is 0.143 e. The number of nitrogens with two attached hydrogens (primary N) is 1. The molecule has 0 aliphatic rings. The van der Waals surface area contributed by atoms with Crippen molar-refractivity contribution in [3.05, 3.63) is 24.4 Å². The molecule has 0 amide bonds. The molecule has 1 aromatic heterocycles. The molecule has 2 rings (SSSR count). The molecule has 0 saturated carbocycles. The van der Waals surface area contributed by atoms with E-state index in [-0.39, 0.29) is 5.75 Å². The van der Waals surface area contributed by atoms with E-state index in [0.717, 1.165) is 5.39 Å². The largest absolute Gasteiger partial charge is 0.506 e. The second-order valence-electron chi connectivity index (χ2n) is 3.00. The van der Waals surface area contributed by atoms with Gasteiger partial charge in [-0.2, -0.15) is 4.73 Å². The van der Waals surface area contributed by atoms with E-state index in [1.165, 1.54) is 4.73 Å². The molecule has 0 atom stereocenters. The Kier molecular flexibility index (Phi) is 1.96. The van der Waals surface area contributed by atoms with Gasteiger partial charge in [0.25, 0.3) is 0 Å². The van der Waals surface area contributed by atoms with E-state index in [1.54, 1.807) is 18.3 Å². The maximum Gasteiger partial charge on any atom is 0.143 e. The molecule has 2 aromatic rings. The van der Waals surface area contributed by atoms with Gasteiger partial charge in [0.2, 0.25) is 0 Å². The van der Waals surface area contributed by atoms with Crippen LogP contribution in [0.4, 0.5) is 5.69 Å². The van der Waals surface area contributed by atoms with Crippen LogP contribution in [0.5, 0.6) is 5.75 Å². The van der Waals surface area contributed by atoms with Crippen LogP contribution >= 0.6 is 0 Å². The molecule has 0 spiro atoms. The predicted molar refractivity (Wildman–Crippen MR) is 55.1 cm³/mol. The van der Waals surface area contributed by atoms with Crippen LogP contribution in [0, 0.1) is 0 Å². The Morgan fingerprint density at radius 2 is 2.21 bits per heavy atom. The molecule has 0 fully saturated rings. The van der Waals surface area contributed by atoms with Crippen LogP contribution in [-0.4, -0.2) is 16.4 Å². The maximum absolute atomic E-state index is 9.64. The van der Waals surface area contributed by atoms with Gasteiger partial charge >= 0.3 is 0 Å². The van der Waals surface area contributed by atoms with Crippen molar-refractivity contribution in [2.75, 3.05) is 12.3 Å². The first kappa shape index (κ1) is 8.74. The first-order chi connectivity index (χ1) is 6.74. The molecule has 0 unspecified atom stereocenters. The van der Waals surface area contributed by atoms with Crippen LogP contribution in [0.25, 0.3) is 10.9 Å². The number of fused-ring (bicyclic) bond motifs is 1. The highest BCUT2D eigenvalue weighted by molar-refractivity contribution is 5.95. The Labute approximate surface area is 81.5 Å². The van der Waals surface area contributed by atoms with Gasteiger partial charge in [0.15, 0.2) is 0 Å². The van der Waals surface area contributed by atoms with Crippen molar-refractivity contribution in [1.82, 2.24) is 4.73 Å². The average molecular weight is 192 g/mol. The van der Waals surface area contributed by atoms with E-state index >= 15 is 0 Å². The SMILES string of the molecule is CCOn1ccc2c(N)ccc(O)c21. The molecule has 0 saturated heterocycles. The fourth-order valence-corrected chi connectivity index (χ4v) is 1.48. The molecular formula is C10H12N2O2. The number of benzene rings is 1. The number of anilines is 1. The van der Waals surface area contributed by atoms with Crippen LogP contribution in [0.3, 0.4) is 0 Å². The number of phenols is 1. The molecule has 0 bridgehead atoms. The van der Waals surface area contributed by atoms with Crippen molar-refractivity contribution in [1.29, 1.82) is 0 Å². The Hall–Kier alpha value is -1.84. The number of hydrogen-bond donors (Lipinski definition) is 2. The highest BCUT2D eigenvalue weighted by atomic mass is 16.7. The minimum absolute atomic E-state index is 0.174. The third kappa shape index (κ3) is 1.16. The summed E-state index contributed by atoms with van der Waals surface area (Å²) in [6.07, 6.45) is 1.74. The van der Waals surface area contributed by atoms with Crippen LogP contribution in [0.15, 0.2) is 24.4 Å². The van der Waals surface area contributed by atoms with Gasteiger partial charge in [-0.1, -0.05) is 0 Å². The zero-order valence-electron chi connectivity index (χ0n) is 7.90. The number of nitrogens with zero attached hydrogens (tertiary/aromatic N) is 1. The highest BCUT2D eigenvalue weighted by Crippen LogP contribution is 2.29. The molecule has 3 N–H and O–H groups in total. The van der Waals surface area contributed by atoms with E-state index < -0.39 is 0 Å². The molecule has 1 heterocycles. The van der Waals surface area contributed by atoms with E-state index in [2.05, 4.69) is 0 Å². The van der Waals surface area contributed by atoms with Crippen LogP contribution in [0.2, 0.25) is 0 Å². The van der Waals surface area contributed by atoms with Crippen molar-refractivity contribution in [2.24, 2.45) is 0 Å². The zero-order valence-corrected chi connectivity index (χ0v) is 7.90. The van der Waals surface area contributed by atoms with E-state index in [4.69, 9.17) is 10.6 Å². The lowest BCUT2D eigenvalue weighted by Crippen LogP contribution is -2.08. The normalized spacial score (nSPS) is 10.6. The molecule has 14 heavy (non-hydrogen) atoms. The van der Waals surface area contributed by atoms with E-state index in [1.807, 2.05) is 13.0 Å². The first-order valence-corrected chi connectivity index (χ1v) is 4.46. The Morgan fingerprint density at radius 1 is 1.43 bits per heavy atom. The van der Waals surface area contributed by atoms with Crippen molar-refractivity contribution >= 4 is 16.6 Å². The number of hydrogen-bond acceptors (Lipinski definition) is 3. The summed E-state index contributed by atoms with van der Waals surface area (Å²) in [5, 5.41) is 10.4. The molecule has 0 radical (unpaired) electrons. The lowest BCUT2D eigenvalue weighted by atomic mass is 10.2. The number of rotatable bonds is 2. The van der Waals surface area contributed by atoms with Crippen LogP contribution in [0.1, 0.15) is 6.92 Å². The fourth-order valence-electron chi connectivity index (χ4n) is 1.48. The summed E-state index contributed by atoms with van der Waals surface area (Å²) in [6.45, 7) is 2.42. The molecule has 1 aromatic carbocycles. The van der Waals surface area contributed by atoms with Crippen LogP contribution in [-0.2, 0) is 0 Å². The molecule has 74 valence electrons. The summed E-state index contributed by atoms with van der Waals surface area (Å²) in [4.78, 5) is 5.30. The van der Waals surface area contributed by atoms with Crippen molar-refractivity contribution in [3.63, 3.8) is 0 Å². The fraction of sp³-hybridized carbons (Fsp3) is 0.200. The van der Waals surface area contributed by atoms with E-state index in [9.17, 15) is 5.11 Å². The molecule has 0 aliphatic carbocycles. The monoisotopic (exact) mass is 192 g/mol. The second kappa shape index (κ2) is 3.14. The zero-order chi connectivity index (χ0) is 10.1. The molecule has 4 heteroatoms. The summed E-state index contributed by atoms with van der Waals surface area (Å²) >= 11 is 0. The topological polar surface area (TPSA) is 60.4 Å². The van der Waals surface area contributed by atoms with E-state index in [0.29, 0.717) is 17.8 Å². The lowest BCUT2D eigenvalue weighted by molar-refractivity contribution is 0.131. The molecule has 4 nitrogen and oxygen atoms in total. The van der Waals surface area contributed by atoms with Crippen molar-refractivity contribution < 1.29 is 9.94 Å². The molecular weight excluding hydrogens is 180 g/mol. The van der Waals surface area contributed by atoms with Gasteiger partial charge < -0.3 is 15.7 Å². The third-order valence-corrected chi connectivity index (χ3v) is 2.09. The second-order valence-corrected chi connectivity index (χ2v) is 3.00. The summed E-state index contributed by atoms with van der Waals surface area (Å²) in [5.41, 5.74) is 7.01. The predicted octanol–water partition coefficient (Wildman–Crippen LogP) is 1.38. The van der Waals surface area contributed by atoms with Gasteiger partial charge in [-0.25, -0.2) is 0 Å². The lowest BCUT2D eigenvalue weighted by Gasteiger charge is -2.06. The van der Waals surface area contributed by atoms with Crippen molar-refractivity contribution in [3.8, 4) is 5.75 Å². The van der Waals surface area contributed by atoms with Gasteiger partial charge in [0.05, 0.1) is 0 Å². The summed E-state index contributed by atoms with van der Waals surface area (Å²) < 4.78 is 1.53. The number of aromatic hydroxyl groups is 1. The summed E-state index contributed by atoms with van der Waals surface area (Å²) in [7, 11) is 0. The Bertz CT molecular complexity index is 462. The summed E-state index contributed by atoms with van der Waals surface area (Å²) in [5.74, 6) is 0.174. The first-order valence-electron chi connectivity index (χ1n) is 4.46. The van der Waals surface area contributed by atoms with Gasteiger partial charge in [0.1, 0.15) is 17.9 Å². The minimum Gasteiger partial charge on any atom is -0.506 e. The Morgan fingerprint density at radius 3 is 2.93 bits per heavy atom. The maximum atomic E-state index is 9.64. The number of phenolic OH excluding ortho intramolecular Hbond substituents is 1. The van der Waals surface area contributed by atoms with Crippen molar-refractivity contribution in [2.45, 2.75) is 6.92 Å². The molecule has 0 aliphatic heterocycles. The number of aromatic nitrogens is 1. The highest BCUT2D eigenvalue weighted by Gasteiger charge is 2.08. The average Bonchev–Trinajstić information content (AvgIpc) is 2.58. The quantitative estimate of drug-likeness (QED) is 0.558. The van der Waals surface area contributed by atoms with Crippen LogP contribution < -0.4 is 10.6 Å². The van der Waals surface area contributed by atoms with Gasteiger partial charge in [-0.3, -0.25) is 0 Å². The summed E-state index contributed by atoms with van der Waals surface area (Å²) in [6, 6.07) is 5.06. The number of nitrogen functional groups attached to an aromatic ring is 1. The van der Waals surface area contributed by atoms with Gasteiger partial charge in [0, 0.05) is 17.3 Å². The van der Waals surface area contributed by atoms with Gasteiger partial charge in [-0.05, 0) is 25.1 Å². The van der Waals surface area contributed by atoms with Gasteiger partial charge in [-0.15, -0.1) is 0 Å². The standard InChI is InChI=1S/C10H12N2O2/c1-2-14-12-6-5-7-8(11)3-4-9(13)10(7)12/h3-6,13H,2,11H2,1H3. The third-order valence-electron chi connectivity index (χ3n) is 2.09. The minimum atomic E-state index is 0.174.